The van der Waals surface area contributed by atoms with Gasteiger partial charge in [0.05, 0.1) is 0 Å². The number of rotatable bonds is 1. The first-order valence-electron chi connectivity index (χ1n) is 5.94. The molecule has 0 aromatic heterocycles. The zero-order valence-electron chi connectivity index (χ0n) is 9.73. The fourth-order valence-corrected chi connectivity index (χ4v) is 2.38. The van der Waals surface area contributed by atoms with E-state index in [1.807, 2.05) is 0 Å². The lowest BCUT2D eigenvalue weighted by atomic mass is 10.1. The van der Waals surface area contributed by atoms with Gasteiger partial charge in [0.15, 0.2) is 11.5 Å². The number of piperidine rings is 1. The molecule has 3 rings (SSSR count). The van der Waals surface area contributed by atoms with Crippen LogP contribution in [0.15, 0.2) is 18.2 Å². The van der Waals surface area contributed by atoms with Crippen LogP contribution in [0.25, 0.3) is 0 Å². The Morgan fingerprint density at radius 1 is 1.28 bits per heavy atom. The van der Waals surface area contributed by atoms with Gasteiger partial charge in [0.25, 0.3) is 0 Å². The van der Waals surface area contributed by atoms with Gasteiger partial charge in [-0.25, -0.2) is 0 Å². The van der Waals surface area contributed by atoms with Crippen LogP contribution in [0, 0.1) is 0 Å². The van der Waals surface area contributed by atoms with Gasteiger partial charge in [-0.1, -0.05) is 0 Å². The molecule has 0 radical (unpaired) electrons. The predicted molar refractivity (Wildman–Crippen MR) is 62.1 cm³/mol. The number of nitrogens with two attached hydrogens (primary N) is 1. The highest BCUT2D eigenvalue weighted by molar-refractivity contribution is 5.57. The summed E-state index contributed by atoms with van der Waals surface area (Å²) >= 11 is 0. The van der Waals surface area contributed by atoms with Crippen molar-refractivity contribution in [3.8, 4) is 11.5 Å². The molecule has 1 unspecified atom stereocenters. The van der Waals surface area contributed by atoms with E-state index in [1.165, 1.54) is 6.07 Å². The second kappa shape index (κ2) is 3.98. The fraction of sp³-hybridized carbons (Fsp3) is 0.500. The van der Waals surface area contributed by atoms with Crippen LogP contribution in [0.4, 0.5) is 14.5 Å². The minimum absolute atomic E-state index is 0.0741. The fourth-order valence-electron chi connectivity index (χ4n) is 2.38. The summed E-state index contributed by atoms with van der Waals surface area (Å²) in [5, 5.41) is 0. The normalized spacial score (nSPS) is 25.3. The van der Waals surface area contributed by atoms with Gasteiger partial charge in [-0.05, 0) is 25.0 Å². The maximum Gasteiger partial charge on any atom is 0.586 e. The van der Waals surface area contributed by atoms with E-state index in [9.17, 15) is 8.78 Å². The summed E-state index contributed by atoms with van der Waals surface area (Å²) in [6, 6.07) is 4.97. The number of hydrogen-bond acceptors (Lipinski definition) is 4. The van der Waals surface area contributed by atoms with E-state index in [4.69, 9.17) is 5.73 Å². The van der Waals surface area contributed by atoms with Crippen molar-refractivity contribution in [1.82, 2.24) is 0 Å². The third-order valence-electron chi connectivity index (χ3n) is 3.21. The minimum atomic E-state index is -3.56. The van der Waals surface area contributed by atoms with Crippen LogP contribution in [-0.4, -0.2) is 25.4 Å². The molecule has 98 valence electrons. The van der Waals surface area contributed by atoms with E-state index in [0.717, 1.165) is 31.6 Å². The van der Waals surface area contributed by atoms with E-state index in [-0.39, 0.29) is 17.5 Å². The molecule has 1 atom stereocenters. The van der Waals surface area contributed by atoms with Crippen LogP contribution in [0.1, 0.15) is 12.8 Å². The number of halogens is 2. The second-order valence-electron chi connectivity index (χ2n) is 4.65. The molecular formula is C12H14F2N2O2. The molecule has 18 heavy (non-hydrogen) atoms. The summed E-state index contributed by atoms with van der Waals surface area (Å²) in [6.07, 6.45) is -1.55. The Kier molecular flexibility index (Phi) is 2.55. The van der Waals surface area contributed by atoms with Crippen LogP contribution in [0.2, 0.25) is 0 Å². The van der Waals surface area contributed by atoms with E-state index < -0.39 is 6.29 Å². The molecular weight excluding hydrogens is 242 g/mol. The number of hydrogen-bond donors (Lipinski definition) is 1. The molecule has 4 nitrogen and oxygen atoms in total. The smallest absolute Gasteiger partial charge is 0.395 e. The largest absolute Gasteiger partial charge is 0.586 e. The second-order valence-corrected chi connectivity index (χ2v) is 4.65. The molecule has 0 aliphatic carbocycles. The maximum absolute atomic E-state index is 12.9. The van der Waals surface area contributed by atoms with Gasteiger partial charge in [-0.3, -0.25) is 0 Å². The summed E-state index contributed by atoms with van der Waals surface area (Å²) in [6.45, 7) is 1.61. The van der Waals surface area contributed by atoms with Gasteiger partial charge in [0, 0.05) is 30.9 Å². The van der Waals surface area contributed by atoms with Crippen molar-refractivity contribution in [2.45, 2.75) is 25.2 Å². The number of fused-ring (bicyclic) bond motifs is 1. The lowest BCUT2D eigenvalue weighted by molar-refractivity contribution is -0.286. The predicted octanol–water partition coefficient (Wildman–Crippen LogP) is 1.94. The molecule has 0 spiro atoms. The third kappa shape index (κ3) is 2.08. The van der Waals surface area contributed by atoms with E-state index in [1.54, 1.807) is 12.1 Å². The van der Waals surface area contributed by atoms with Crippen LogP contribution in [0.3, 0.4) is 0 Å². The standard InChI is InChI=1S/C12H14F2N2O2/c13-12(14)17-10-4-3-9(6-11(10)18-12)16-5-1-2-8(15)7-16/h3-4,6,8H,1-2,5,7,15H2. The summed E-state index contributed by atoms with van der Waals surface area (Å²) < 4.78 is 34.6. The Morgan fingerprint density at radius 3 is 2.83 bits per heavy atom. The average Bonchev–Trinajstić information content (AvgIpc) is 2.61. The third-order valence-corrected chi connectivity index (χ3v) is 3.21. The lowest BCUT2D eigenvalue weighted by Gasteiger charge is -2.32. The Bertz CT molecular complexity index is 467. The number of nitrogens with zero attached hydrogens (tertiary/aromatic N) is 1. The van der Waals surface area contributed by atoms with Gasteiger partial charge >= 0.3 is 6.29 Å². The average molecular weight is 256 g/mol. The molecule has 0 amide bonds. The first-order chi connectivity index (χ1) is 8.53. The topological polar surface area (TPSA) is 47.7 Å². The highest BCUT2D eigenvalue weighted by atomic mass is 19.3. The van der Waals surface area contributed by atoms with Gasteiger partial charge in [0.1, 0.15) is 0 Å². The maximum atomic E-state index is 12.9. The van der Waals surface area contributed by atoms with Crippen molar-refractivity contribution in [3.05, 3.63) is 18.2 Å². The highest BCUT2D eigenvalue weighted by Gasteiger charge is 2.43. The van der Waals surface area contributed by atoms with Gasteiger partial charge < -0.3 is 20.1 Å². The Balaban J connectivity index is 1.83. The van der Waals surface area contributed by atoms with E-state index >= 15 is 0 Å². The Hall–Kier alpha value is -1.56. The number of benzene rings is 1. The quantitative estimate of drug-likeness (QED) is 0.834. The Morgan fingerprint density at radius 2 is 2.06 bits per heavy atom. The SMILES string of the molecule is NC1CCCN(c2ccc3c(c2)OC(F)(F)O3)C1. The minimum Gasteiger partial charge on any atom is -0.395 e. The number of ether oxygens (including phenoxy) is 2. The molecule has 0 bridgehead atoms. The summed E-state index contributed by atoms with van der Waals surface area (Å²) in [5.74, 6) is 0.154. The summed E-state index contributed by atoms with van der Waals surface area (Å²) in [4.78, 5) is 2.08. The summed E-state index contributed by atoms with van der Waals surface area (Å²) in [7, 11) is 0. The van der Waals surface area contributed by atoms with Gasteiger partial charge in [-0.2, -0.15) is 0 Å². The molecule has 0 saturated carbocycles. The van der Waals surface area contributed by atoms with Crippen molar-refractivity contribution in [2.75, 3.05) is 18.0 Å². The molecule has 1 saturated heterocycles. The van der Waals surface area contributed by atoms with Crippen LogP contribution in [-0.2, 0) is 0 Å². The molecule has 2 heterocycles. The monoisotopic (exact) mass is 256 g/mol. The first kappa shape index (κ1) is 11.5. The van der Waals surface area contributed by atoms with Crippen LogP contribution >= 0.6 is 0 Å². The van der Waals surface area contributed by atoms with E-state index in [0.29, 0.717) is 0 Å². The first-order valence-corrected chi connectivity index (χ1v) is 5.94. The van der Waals surface area contributed by atoms with Gasteiger partial charge in [-0.15, -0.1) is 8.78 Å². The van der Waals surface area contributed by atoms with Crippen LogP contribution < -0.4 is 20.1 Å². The molecule has 1 aromatic carbocycles. The zero-order valence-corrected chi connectivity index (χ0v) is 9.73. The number of alkyl halides is 2. The molecule has 2 aliphatic heterocycles. The molecule has 1 fully saturated rings. The van der Waals surface area contributed by atoms with Gasteiger partial charge in [0.2, 0.25) is 0 Å². The number of anilines is 1. The summed E-state index contributed by atoms with van der Waals surface area (Å²) in [5.41, 5.74) is 6.74. The van der Waals surface area contributed by atoms with Crippen LogP contribution in [0.5, 0.6) is 11.5 Å². The molecule has 2 N–H and O–H groups in total. The van der Waals surface area contributed by atoms with Crippen molar-refractivity contribution in [2.24, 2.45) is 5.73 Å². The molecule has 2 aliphatic rings. The van der Waals surface area contributed by atoms with Crippen molar-refractivity contribution in [3.63, 3.8) is 0 Å². The molecule has 1 aromatic rings. The lowest BCUT2D eigenvalue weighted by Crippen LogP contribution is -2.42. The highest BCUT2D eigenvalue weighted by Crippen LogP contribution is 2.43. The van der Waals surface area contributed by atoms with Crippen molar-refractivity contribution >= 4 is 5.69 Å². The van der Waals surface area contributed by atoms with E-state index in [2.05, 4.69) is 14.4 Å². The zero-order chi connectivity index (χ0) is 12.8. The van der Waals surface area contributed by atoms with Crippen molar-refractivity contribution in [1.29, 1.82) is 0 Å². The van der Waals surface area contributed by atoms with Crippen molar-refractivity contribution < 1.29 is 18.3 Å². The Labute approximate surface area is 103 Å². The molecule has 6 heteroatoms.